The molecular weight excluding hydrogens is 192 g/mol. The second-order valence-corrected chi connectivity index (χ2v) is 3.13. The van der Waals surface area contributed by atoms with E-state index >= 15 is 0 Å². The van der Waals surface area contributed by atoms with Gasteiger partial charge in [-0.15, -0.1) is 0 Å². The van der Waals surface area contributed by atoms with Gasteiger partial charge in [-0.2, -0.15) is 5.26 Å². The normalized spacial score (nSPS) is 9.67. The minimum atomic E-state index is 0.474. The van der Waals surface area contributed by atoms with E-state index in [1.165, 1.54) is 6.33 Å². The second-order valence-electron chi connectivity index (χ2n) is 3.13. The fourth-order valence-corrected chi connectivity index (χ4v) is 1.15. The van der Waals surface area contributed by atoms with Crippen molar-refractivity contribution in [1.29, 1.82) is 5.26 Å². The molecule has 0 N–H and O–H groups in total. The molecule has 0 fully saturated rings. The van der Waals surface area contributed by atoms with Crippen molar-refractivity contribution < 1.29 is 4.74 Å². The molecule has 0 atom stereocenters. The predicted molar refractivity (Wildman–Crippen MR) is 56.2 cm³/mol. The second kappa shape index (κ2) is 5.94. The monoisotopic (exact) mass is 206 g/mol. The predicted octanol–water partition coefficient (Wildman–Crippen LogP) is 0.973. The van der Waals surface area contributed by atoms with Crippen molar-refractivity contribution in [3.05, 3.63) is 18.1 Å². The largest absolute Gasteiger partial charge is 0.378 e. The summed E-state index contributed by atoms with van der Waals surface area (Å²) in [4.78, 5) is 10.1. The van der Waals surface area contributed by atoms with Crippen LogP contribution >= 0.6 is 0 Å². The molecule has 0 spiro atoms. The maximum absolute atomic E-state index is 8.47. The van der Waals surface area contributed by atoms with Crippen molar-refractivity contribution in [2.75, 3.05) is 25.6 Å². The molecule has 0 amide bonds. The van der Waals surface area contributed by atoms with Crippen LogP contribution in [0.1, 0.15) is 12.1 Å². The van der Waals surface area contributed by atoms with Gasteiger partial charge in [0, 0.05) is 26.8 Å². The molecule has 0 radical (unpaired) electrons. The van der Waals surface area contributed by atoms with Crippen molar-refractivity contribution in [2.45, 2.75) is 13.0 Å². The summed E-state index contributed by atoms with van der Waals surface area (Å²) in [5.41, 5.74) is 0.839. The van der Waals surface area contributed by atoms with Gasteiger partial charge >= 0.3 is 0 Å². The zero-order valence-electron chi connectivity index (χ0n) is 8.97. The molecule has 0 bridgehead atoms. The Labute approximate surface area is 89.3 Å². The number of anilines is 1. The number of aromatic nitrogens is 2. The summed E-state index contributed by atoms with van der Waals surface area (Å²) >= 11 is 0. The zero-order chi connectivity index (χ0) is 11.1. The number of hydrogen-bond acceptors (Lipinski definition) is 5. The van der Waals surface area contributed by atoms with Crippen LogP contribution < -0.4 is 4.90 Å². The quantitative estimate of drug-likeness (QED) is 0.718. The molecule has 1 rings (SSSR count). The van der Waals surface area contributed by atoms with Gasteiger partial charge in [0.05, 0.1) is 24.8 Å². The van der Waals surface area contributed by atoms with E-state index in [0.717, 1.165) is 11.5 Å². The number of nitriles is 1. The summed E-state index contributed by atoms with van der Waals surface area (Å²) in [7, 11) is 3.53. The molecule has 1 heterocycles. The van der Waals surface area contributed by atoms with E-state index < -0.39 is 0 Å². The summed E-state index contributed by atoms with van der Waals surface area (Å²) in [6.07, 6.45) is 1.99. The fraction of sp³-hybridized carbons (Fsp3) is 0.500. The molecule has 0 saturated heterocycles. The molecule has 0 aliphatic rings. The molecule has 0 unspecified atom stereocenters. The number of rotatable bonds is 5. The van der Waals surface area contributed by atoms with Gasteiger partial charge in [-0.25, -0.2) is 9.97 Å². The first-order chi connectivity index (χ1) is 7.27. The van der Waals surface area contributed by atoms with E-state index in [1.54, 1.807) is 7.11 Å². The summed E-state index contributed by atoms with van der Waals surface area (Å²) in [6.45, 7) is 1.14. The summed E-state index contributed by atoms with van der Waals surface area (Å²) < 4.78 is 4.98. The minimum Gasteiger partial charge on any atom is -0.378 e. The Morgan fingerprint density at radius 3 is 3.00 bits per heavy atom. The summed E-state index contributed by atoms with van der Waals surface area (Å²) in [5.74, 6) is 0.812. The maximum Gasteiger partial charge on any atom is 0.132 e. The van der Waals surface area contributed by atoms with Gasteiger partial charge in [0.25, 0.3) is 0 Å². The van der Waals surface area contributed by atoms with Crippen molar-refractivity contribution in [2.24, 2.45) is 0 Å². The molecule has 0 aromatic carbocycles. The topological polar surface area (TPSA) is 62.0 Å². The highest BCUT2D eigenvalue weighted by molar-refractivity contribution is 5.37. The minimum absolute atomic E-state index is 0.474. The third kappa shape index (κ3) is 3.52. The van der Waals surface area contributed by atoms with Crippen LogP contribution in [0.5, 0.6) is 0 Å². The highest BCUT2D eigenvalue weighted by atomic mass is 16.5. The first-order valence-electron chi connectivity index (χ1n) is 4.66. The highest BCUT2D eigenvalue weighted by Gasteiger charge is 2.03. The van der Waals surface area contributed by atoms with Crippen molar-refractivity contribution in [3.63, 3.8) is 0 Å². The van der Waals surface area contributed by atoms with Crippen LogP contribution in [0.2, 0.25) is 0 Å². The van der Waals surface area contributed by atoms with E-state index in [0.29, 0.717) is 19.6 Å². The van der Waals surface area contributed by atoms with E-state index in [-0.39, 0.29) is 0 Å². The van der Waals surface area contributed by atoms with Crippen LogP contribution in [-0.2, 0) is 11.3 Å². The smallest absolute Gasteiger partial charge is 0.132 e. The van der Waals surface area contributed by atoms with Crippen molar-refractivity contribution in [1.82, 2.24) is 9.97 Å². The molecular formula is C10H14N4O. The molecule has 15 heavy (non-hydrogen) atoms. The van der Waals surface area contributed by atoms with E-state index in [2.05, 4.69) is 16.0 Å². The first kappa shape index (κ1) is 11.4. The van der Waals surface area contributed by atoms with Crippen LogP contribution in [-0.4, -0.2) is 30.7 Å². The van der Waals surface area contributed by atoms with E-state index in [4.69, 9.17) is 10.00 Å². The third-order valence-corrected chi connectivity index (χ3v) is 1.95. The lowest BCUT2D eigenvalue weighted by Crippen LogP contribution is -2.19. The highest BCUT2D eigenvalue weighted by Crippen LogP contribution is 2.09. The average Bonchev–Trinajstić information content (AvgIpc) is 2.27. The summed E-state index contributed by atoms with van der Waals surface area (Å²) in [5, 5.41) is 8.47. The van der Waals surface area contributed by atoms with Crippen molar-refractivity contribution >= 4 is 5.82 Å². The van der Waals surface area contributed by atoms with Gasteiger partial charge in [-0.1, -0.05) is 0 Å². The molecule has 0 saturated carbocycles. The van der Waals surface area contributed by atoms with Crippen LogP contribution in [0.4, 0.5) is 5.82 Å². The number of methoxy groups -OCH3 is 1. The molecule has 5 nitrogen and oxygen atoms in total. The van der Waals surface area contributed by atoms with Gasteiger partial charge in [0.2, 0.25) is 0 Å². The van der Waals surface area contributed by atoms with Gasteiger partial charge < -0.3 is 9.64 Å². The Morgan fingerprint density at radius 1 is 1.53 bits per heavy atom. The standard InChI is InChI=1S/C10H14N4O/c1-14(5-3-4-11)10-6-9(7-15-2)12-8-13-10/h6,8H,3,5,7H2,1-2H3. The third-order valence-electron chi connectivity index (χ3n) is 1.95. The zero-order valence-corrected chi connectivity index (χ0v) is 8.97. The number of hydrogen-bond donors (Lipinski definition) is 0. The Balaban J connectivity index is 2.67. The van der Waals surface area contributed by atoms with Crippen LogP contribution in [0.3, 0.4) is 0 Å². The molecule has 80 valence electrons. The number of ether oxygens (including phenoxy) is 1. The molecule has 0 aliphatic carbocycles. The lowest BCUT2D eigenvalue weighted by molar-refractivity contribution is 0.181. The van der Waals surface area contributed by atoms with E-state index in [9.17, 15) is 0 Å². The lowest BCUT2D eigenvalue weighted by atomic mass is 10.3. The summed E-state index contributed by atoms with van der Waals surface area (Å²) in [6, 6.07) is 3.96. The number of nitrogens with zero attached hydrogens (tertiary/aromatic N) is 4. The molecule has 1 aromatic heterocycles. The van der Waals surface area contributed by atoms with Gasteiger partial charge in [0.1, 0.15) is 12.1 Å². The Bertz CT molecular complexity index is 348. The first-order valence-corrected chi connectivity index (χ1v) is 4.66. The van der Waals surface area contributed by atoms with Crippen LogP contribution in [0.25, 0.3) is 0 Å². The van der Waals surface area contributed by atoms with Crippen molar-refractivity contribution in [3.8, 4) is 6.07 Å². The van der Waals surface area contributed by atoms with Gasteiger partial charge in [-0.3, -0.25) is 0 Å². The Hall–Kier alpha value is -1.67. The average molecular weight is 206 g/mol. The van der Waals surface area contributed by atoms with Gasteiger partial charge in [-0.05, 0) is 0 Å². The Kier molecular flexibility index (Phi) is 4.51. The fourth-order valence-electron chi connectivity index (χ4n) is 1.15. The van der Waals surface area contributed by atoms with Gasteiger partial charge in [0.15, 0.2) is 0 Å². The molecule has 0 aliphatic heterocycles. The van der Waals surface area contributed by atoms with Crippen LogP contribution in [0, 0.1) is 11.3 Å². The maximum atomic E-state index is 8.47. The molecule has 1 aromatic rings. The lowest BCUT2D eigenvalue weighted by Gasteiger charge is -2.16. The van der Waals surface area contributed by atoms with Crippen LogP contribution in [0.15, 0.2) is 12.4 Å². The Morgan fingerprint density at radius 2 is 2.33 bits per heavy atom. The van der Waals surface area contributed by atoms with E-state index in [1.807, 2.05) is 18.0 Å². The molecule has 5 heteroatoms. The SMILES string of the molecule is COCc1cc(N(C)CCC#N)ncn1.